The molecule has 0 aliphatic heterocycles. The van der Waals surface area contributed by atoms with E-state index in [-0.39, 0.29) is 6.42 Å². The van der Waals surface area contributed by atoms with Gasteiger partial charge in [-0.15, -0.1) is 11.3 Å². The highest BCUT2D eigenvalue weighted by Gasteiger charge is 2.20. The maximum absolute atomic E-state index is 11.8. The Hall–Kier alpha value is -2.45. The van der Waals surface area contributed by atoms with Crippen molar-refractivity contribution in [1.29, 1.82) is 0 Å². The number of nitrogens with one attached hydrogen (secondary N) is 1. The number of esters is 1. The normalized spacial score (nSPS) is 11.6. The summed E-state index contributed by atoms with van der Waals surface area (Å²) in [5.41, 5.74) is 6.19. The summed E-state index contributed by atoms with van der Waals surface area (Å²) < 4.78 is 4.94. The van der Waals surface area contributed by atoms with Crippen LogP contribution in [0.5, 0.6) is 0 Å². The largest absolute Gasteiger partial charge is 0.452 e. The van der Waals surface area contributed by atoms with Gasteiger partial charge in [-0.1, -0.05) is 23.7 Å². The summed E-state index contributed by atoms with van der Waals surface area (Å²) in [6, 6.07) is 6.21. The maximum Gasteiger partial charge on any atom is 0.318 e. The Kier molecular flexibility index (Phi) is 5.88. The highest BCUT2D eigenvalue weighted by molar-refractivity contribution is 7.13. The first-order valence-corrected chi connectivity index (χ1v) is 8.11. The van der Waals surface area contributed by atoms with Gasteiger partial charge in [0.25, 0.3) is 5.91 Å². The SMILES string of the molecule is C[C@H](OC(=O)Cc1csc(-c2cccc(Cl)c2)n1)C(=O)NC(N)=O. The van der Waals surface area contributed by atoms with Gasteiger partial charge in [0.05, 0.1) is 12.1 Å². The fraction of sp³-hybridized carbons (Fsp3) is 0.200. The summed E-state index contributed by atoms with van der Waals surface area (Å²) in [5, 5.41) is 4.88. The molecule has 24 heavy (non-hydrogen) atoms. The second-order valence-electron chi connectivity index (χ2n) is 4.82. The van der Waals surface area contributed by atoms with Gasteiger partial charge in [0.15, 0.2) is 6.10 Å². The third kappa shape index (κ3) is 5.04. The number of amides is 3. The second-order valence-corrected chi connectivity index (χ2v) is 6.11. The van der Waals surface area contributed by atoms with E-state index in [2.05, 4.69) is 4.98 Å². The van der Waals surface area contributed by atoms with Crippen LogP contribution in [-0.4, -0.2) is 29.0 Å². The minimum Gasteiger partial charge on any atom is -0.452 e. The predicted octanol–water partition coefficient (Wildman–Crippen LogP) is 2.13. The summed E-state index contributed by atoms with van der Waals surface area (Å²) in [6.07, 6.45) is -1.22. The summed E-state index contributed by atoms with van der Waals surface area (Å²) in [7, 11) is 0. The minimum atomic E-state index is -1.13. The van der Waals surface area contributed by atoms with E-state index in [9.17, 15) is 14.4 Å². The van der Waals surface area contributed by atoms with Gasteiger partial charge >= 0.3 is 12.0 Å². The highest BCUT2D eigenvalue weighted by Crippen LogP contribution is 2.26. The van der Waals surface area contributed by atoms with Crippen LogP contribution < -0.4 is 11.1 Å². The van der Waals surface area contributed by atoms with Crippen LogP contribution in [-0.2, 0) is 20.7 Å². The lowest BCUT2D eigenvalue weighted by Gasteiger charge is -2.11. The molecule has 126 valence electrons. The standard InChI is InChI=1S/C15H14ClN3O4S/c1-8(13(21)19-15(17)22)23-12(20)6-11-7-24-14(18-11)9-3-2-4-10(16)5-9/h2-5,7-8H,6H2,1H3,(H3,17,19,21,22)/t8-/m0/s1. The van der Waals surface area contributed by atoms with Crippen molar-refractivity contribution >= 4 is 40.8 Å². The minimum absolute atomic E-state index is 0.0920. The van der Waals surface area contributed by atoms with Gasteiger partial charge in [-0.2, -0.15) is 0 Å². The molecular formula is C15H14ClN3O4S. The van der Waals surface area contributed by atoms with Crippen LogP contribution >= 0.6 is 22.9 Å². The molecule has 0 saturated carbocycles. The molecule has 1 aromatic heterocycles. The number of rotatable bonds is 5. The summed E-state index contributed by atoms with van der Waals surface area (Å²) >= 11 is 7.31. The molecule has 0 unspecified atom stereocenters. The van der Waals surface area contributed by atoms with Crippen LogP contribution in [0.15, 0.2) is 29.6 Å². The number of hydrogen-bond acceptors (Lipinski definition) is 6. The summed E-state index contributed by atoms with van der Waals surface area (Å²) in [4.78, 5) is 38.2. The number of hydrogen-bond donors (Lipinski definition) is 2. The third-order valence-corrected chi connectivity index (χ3v) is 4.05. The van der Waals surface area contributed by atoms with Gasteiger partial charge in [0.2, 0.25) is 0 Å². The fourth-order valence-corrected chi connectivity index (χ4v) is 2.81. The second kappa shape index (κ2) is 7.89. The van der Waals surface area contributed by atoms with E-state index in [1.165, 1.54) is 18.3 Å². The topological polar surface area (TPSA) is 111 Å². The zero-order valence-electron chi connectivity index (χ0n) is 12.6. The van der Waals surface area contributed by atoms with Crippen molar-refractivity contribution in [1.82, 2.24) is 10.3 Å². The average Bonchev–Trinajstić information content (AvgIpc) is 2.94. The lowest BCUT2D eigenvalue weighted by atomic mass is 10.2. The van der Waals surface area contributed by atoms with E-state index in [4.69, 9.17) is 22.1 Å². The number of halogens is 1. The molecule has 2 aromatic rings. The molecule has 0 saturated heterocycles. The predicted molar refractivity (Wildman–Crippen MR) is 89.5 cm³/mol. The number of aromatic nitrogens is 1. The lowest BCUT2D eigenvalue weighted by Crippen LogP contribution is -2.42. The molecule has 9 heteroatoms. The van der Waals surface area contributed by atoms with Crippen LogP contribution in [0.25, 0.3) is 10.6 Å². The van der Waals surface area contributed by atoms with E-state index < -0.39 is 24.0 Å². The third-order valence-electron chi connectivity index (χ3n) is 2.87. The van der Waals surface area contributed by atoms with Crippen LogP contribution in [0.2, 0.25) is 5.02 Å². The fourth-order valence-electron chi connectivity index (χ4n) is 1.81. The Morgan fingerprint density at radius 3 is 2.83 bits per heavy atom. The molecule has 1 heterocycles. The molecule has 0 spiro atoms. The molecule has 2 rings (SSSR count). The number of urea groups is 1. The zero-order chi connectivity index (χ0) is 17.7. The summed E-state index contributed by atoms with van der Waals surface area (Å²) in [5.74, 6) is -1.42. The number of thiazole rings is 1. The van der Waals surface area contributed by atoms with E-state index in [0.29, 0.717) is 10.7 Å². The van der Waals surface area contributed by atoms with Crippen LogP contribution in [0.1, 0.15) is 12.6 Å². The highest BCUT2D eigenvalue weighted by atomic mass is 35.5. The van der Waals surface area contributed by atoms with Gasteiger partial charge in [0.1, 0.15) is 5.01 Å². The van der Waals surface area contributed by atoms with Crippen LogP contribution in [0.4, 0.5) is 4.79 Å². The Morgan fingerprint density at radius 1 is 1.42 bits per heavy atom. The number of nitrogens with zero attached hydrogens (tertiary/aromatic N) is 1. The van der Waals surface area contributed by atoms with Crippen molar-refractivity contribution < 1.29 is 19.1 Å². The van der Waals surface area contributed by atoms with Crippen molar-refractivity contribution in [2.24, 2.45) is 5.73 Å². The molecule has 0 fully saturated rings. The first-order valence-electron chi connectivity index (χ1n) is 6.85. The van der Waals surface area contributed by atoms with Gasteiger partial charge in [-0.25, -0.2) is 9.78 Å². The number of primary amides is 1. The maximum atomic E-state index is 11.8. The Labute approximate surface area is 146 Å². The lowest BCUT2D eigenvalue weighted by molar-refractivity contribution is -0.153. The molecular weight excluding hydrogens is 354 g/mol. The smallest absolute Gasteiger partial charge is 0.318 e. The van der Waals surface area contributed by atoms with Gasteiger partial charge in [-0.3, -0.25) is 14.9 Å². The van der Waals surface area contributed by atoms with E-state index in [1.54, 1.807) is 17.5 Å². The van der Waals surface area contributed by atoms with Crippen LogP contribution in [0.3, 0.4) is 0 Å². The zero-order valence-corrected chi connectivity index (χ0v) is 14.2. The molecule has 3 amide bonds. The molecule has 0 aliphatic carbocycles. The molecule has 1 atom stereocenters. The number of imide groups is 1. The molecule has 0 bridgehead atoms. The Bertz CT molecular complexity index is 778. The quantitative estimate of drug-likeness (QED) is 0.786. The molecule has 7 nitrogen and oxygen atoms in total. The number of nitrogens with two attached hydrogens (primary N) is 1. The van der Waals surface area contributed by atoms with E-state index in [0.717, 1.165) is 10.6 Å². The monoisotopic (exact) mass is 367 g/mol. The number of ether oxygens (including phenoxy) is 1. The first-order chi connectivity index (χ1) is 11.3. The Morgan fingerprint density at radius 2 is 2.17 bits per heavy atom. The van der Waals surface area contributed by atoms with Gasteiger partial charge in [0, 0.05) is 16.0 Å². The summed E-state index contributed by atoms with van der Waals surface area (Å²) in [6.45, 7) is 1.34. The van der Waals surface area contributed by atoms with Crippen molar-refractivity contribution in [3.8, 4) is 10.6 Å². The van der Waals surface area contributed by atoms with Crippen molar-refractivity contribution in [3.63, 3.8) is 0 Å². The number of carbonyl (C=O) groups is 3. The Balaban J connectivity index is 1.95. The molecule has 1 aromatic carbocycles. The van der Waals surface area contributed by atoms with Crippen molar-refractivity contribution in [2.75, 3.05) is 0 Å². The number of benzene rings is 1. The van der Waals surface area contributed by atoms with Crippen molar-refractivity contribution in [3.05, 3.63) is 40.4 Å². The first kappa shape index (κ1) is 17.9. The molecule has 0 radical (unpaired) electrons. The molecule has 0 aliphatic rings. The van der Waals surface area contributed by atoms with Crippen LogP contribution in [0, 0.1) is 0 Å². The van der Waals surface area contributed by atoms with E-state index >= 15 is 0 Å². The van der Waals surface area contributed by atoms with Gasteiger partial charge in [-0.05, 0) is 19.1 Å². The number of carbonyl (C=O) groups excluding carboxylic acids is 3. The van der Waals surface area contributed by atoms with Crippen molar-refractivity contribution in [2.45, 2.75) is 19.4 Å². The average molecular weight is 368 g/mol. The van der Waals surface area contributed by atoms with E-state index in [1.807, 2.05) is 17.4 Å². The van der Waals surface area contributed by atoms with Gasteiger partial charge < -0.3 is 10.5 Å². The molecule has 3 N–H and O–H groups in total.